The Balaban J connectivity index is 2.32. The highest BCUT2D eigenvalue weighted by Crippen LogP contribution is 2.36. The maximum Gasteiger partial charge on any atom is 0.0682 e. The van der Waals surface area contributed by atoms with Crippen LogP contribution in [0.4, 0.5) is 5.69 Å². The standard InChI is InChI=1S/C14H20ClNO/c1-3-12-6-4-10(2)16(12)14-7-5-11(9-17)8-13(14)15/h5,7-8,10,12,17H,3-4,6,9H2,1-2H3. The summed E-state index contributed by atoms with van der Waals surface area (Å²) in [6, 6.07) is 7.02. The van der Waals surface area contributed by atoms with E-state index in [2.05, 4.69) is 18.7 Å². The van der Waals surface area contributed by atoms with Gasteiger partial charge in [-0.3, -0.25) is 0 Å². The number of benzene rings is 1. The first-order chi connectivity index (χ1) is 8.17. The summed E-state index contributed by atoms with van der Waals surface area (Å²) < 4.78 is 0. The van der Waals surface area contributed by atoms with E-state index in [1.165, 1.54) is 12.8 Å². The lowest BCUT2D eigenvalue weighted by atomic mass is 10.1. The Labute approximate surface area is 108 Å². The third-order valence-electron chi connectivity index (χ3n) is 3.73. The van der Waals surface area contributed by atoms with Crippen molar-refractivity contribution in [3.05, 3.63) is 28.8 Å². The highest BCUT2D eigenvalue weighted by molar-refractivity contribution is 6.33. The van der Waals surface area contributed by atoms with Crippen molar-refractivity contribution < 1.29 is 5.11 Å². The molecule has 0 saturated carbocycles. The Hall–Kier alpha value is -0.730. The van der Waals surface area contributed by atoms with Crippen molar-refractivity contribution in [1.29, 1.82) is 0 Å². The van der Waals surface area contributed by atoms with Gasteiger partial charge >= 0.3 is 0 Å². The summed E-state index contributed by atoms with van der Waals surface area (Å²) in [5.41, 5.74) is 1.99. The van der Waals surface area contributed by atoms with Crippen LogP contribution in [0.25, 0.3) is 0 Å². The van der Waals surface area contributed by atoms with Gasteiger partial charge in [-0.05, 0) is 43.9 Å². The molecule has 0 bridgehead atoms. The molecular weight excluding hydrogens is 234 g/mol. The summed E-state index contributed by atoms with van der Waals surface area (Å²) in [5.74, 6) is 0. The molecule has 2 nitrogen and oxygen atoms in total. The van der Waals surface area contributed by atoms with E-state index in [9.17, 15) is 0 Å². The molecule has 0 aromatic heterocycles. The predicted octanol–water partition coefficient (Wildman–Crippen LogP) is 3.60. The minimum Gasteiger partial charge on any atom is -0.392 e. The average molecular weight is 254 g/mol. The minimum absolute atomic E-state index is 0.0484. The number of nitrogens with zero attached hydrogens (tertiary/aromatic N) is 1. The third-order valence-corrected chi connectivity index (χ3v) is 4.03. The molecule has 94 valence electrons. The number of rotatable bonds is 3. The fourth-order valence-electron chi connectivity index (χ4n) is 2.76. The molecule has 1 fully saturated rings. The largest absolute Gasteiger partial charge is 0.392 e. The van der Waals surface area contributed by atoms with Crippen molar-refractivity contribution in [1.82, 2.24) is 0 Å². The number of aliphatic hydroxyl groups is 1. The molecule has 1 aliphatic heterocycles. The van der Waals surface area contributed by atoms with E-state index in [0.717, 1.165) is 22.7 Å². The zero-order valence-corrected chi connectivity index (χ0v) is 11.2. The van der Waals surface area contributed by atoms with Gasteiger partial charge in [-0.25, -0.2) is 0 Å². The second kappa shape index (κ2) is 5.28. The maximum atomic E-state index is 9.10. The normalized spacial score (nSPS) is 24.4. The minimum atomic E-state index is 0.0484. The van der Waals surface area contributed by atoms with Gasteiger partial charge in [0.25, 0.3) is 0 Å². The van der Waals surface area contributed by atoms with E-state index in [1.54, 1.807) is 0 Å². The van der Waals surface area contributed by atoms with Gasteiger partial charge in [0.05, 0.1) is 17.3 Å². The van der Waals surface area contributed by atoms with Crippen LogP contribution in [0.15, 0.2) is 18.2 Å². The maximum absolute atomic E-state index is 9.10. The van der Waals surface area contributed by atoms with Gasteiger partial charge in [-0.1, -0.05) is 24.6 Å². The summed E-state index contributed by atoms with van der Waals surface area (Å²) in [4.78, 5) is 2.43. The average Bonchev–Trinajstić information content (AvgIpc) is 2.70. The molecule has 1 aliphatic rings. The first kappa shape index (κ1) is 12.7. The molecule has 0 radical (unpaired) electrons. The topological polar surface area (TPSA) is 23.5 Å². The summed E-state index contributed by atoms with van der Waals surface area (Å²) in [6.07, 6.45) is 3.63. The highest BCUT2D eigenvalue weighted by atomic mass is 35.5. The monoisotopic (exact) mass is 253 g/mol. The molecule has 3 heteroatoms. The molecular formula is C14H20ClNO. The number of aliphatic hydroxyl groups excluding tert-OH is 1. The van der Waals surface area contributed by atoms with Crippen molar-refractivity contribution in [2.75, 3.05) is 4.90 Å². The Morgan fingerprint density at radius 1 is 1.41 bits per heavy atom. The second-order valence-electron chi connectivity index (χ2n) is 4.84. The smallest absolute Gasteiger partial charge is 0.0682 e. The fourth-order valence-corrected chi connectivity index (χ4v) is 3.07. The first-order valence-corrected chi connectivity index (χ1v) is 6.72. The van der Waals surface area contributed by atoms with Crippen LogP contribution in [0, 0.1) is 0 Å². The quantitative estimate of drug-likeness (QED) is 0.890. The van der Waals surface area contributed by atoms with Crippen molar-refractivity contribution in [3.8, 4) is 0 Å². The van der Waals surface area contributed by atoms with Crippen molar-refractivity contribution >= 4 is 17.3 Å². The van der Waals surface area contributed by atoms with Crippen LogP contribution in [-0.2, 0) is 6.61 Å². The SMILES string of the molecule is CCC1CCC(C)N1c1ccc(CO)cc1Cl. The van der Waals surface area contributed by atoms with Gasteiger partial charge in [0.15, 0.2) is 0 Å². The van der Waals surface area contributed by atoms with E-state index in [-0.39, 0.29) is 6.61 Å². The summed E-state index contributed by atoms with van der Waals surface area (Å²) >= 11 is 6.32. The molecule has 1 aromatic carbocycles. The molecule has 2 atom stereocenters. The Morgan fingerprint density at radius 2 is 2.18 bits per heavy atom. The van der Waals surface area contributed by atoms with Crippen molar-refractivity contribution in [3.63, 3.8) is 0 Å². The van der Waals surface area contributed by atoms with Gasteiger partial charge < -0.3 is 10.0 Å². The van der Waals surface area contributed by atoms with Gasteiger partial charge in [0, 0.05) is 12.1 Å². The van der Waals surface area contributed by atoms with Crippen LogP contribution in [0.5, 0.6) is 0 Å². The lowest BCUT2D eigenvalue weighted by Gasteiger charge is -2.31. The summed E-state index contributed by atoms with van der Waals surface area (Å²) in [6.45, 7) is 4.53. The number of halogens is 1. The van der Waals surface area contributed by atoms with E-state index < -0.39 is 0 Å². The van der Waals surface area contributed by atoms with Crippen LogP contribution in [-0.4, -0.2) is 17.2 Å². The second-order valence-corrected chi connectivity index (χ2v) is 5.25. The highest BCUT2D eigenvalue weighted by Gasteiger charge is 2.30. The number of anilines is 1. The van der Waals surface area contributed by atoms with E-state index in [4.69, 9.17) is 16.7 Å². The molecule has 0 amide bonds. The third kappa shape index (κ3) is 2.43. The molecule has 2 rings (SSSR count). The Bertz CT molecular complexity index is 394. The molecule has 1 aromatic rings. The van der Waals surface area contributed by atoms with Gasteiger partial charge in [0.2, 0.25) is 0 Å². The summed E-state index contributed by atoms with van der Waals surface area (Å²) in [5, 5.41) is 9.85. The Kier molecular flexibility index (Phi) is 3.95. The summed E-state index contributed by atoms with van der Waals surface area (Å²) in [7, 11) is 0. The molecule has 17 heavy (non-hydrogen) atoms. The van der Waals surface area contributed by atoms with E-state index in [1.807, 2.05) is 18.2 Å². The molecule has 1 N–H and O–H groups in total. The predicted molar refractivity (Wildman–Crippen MR) is 72.6 cm³/mol. The lowest BCUT2D eigenvalue weighted by Crippen LogP contribution is -2.34. The van der Waals surface area contributed by atoms with E-state index in [0.29, 0.717) is 12.1 Å². The van der Waals surface area contributed by atoms with Crippen molar-refractivity contribution in [2.24, 2.45) is 0 Å². The zero-order valence-electron chi connectivity index (χ0n) is 10.5. The number of hydrogen-bond donors (Lipinski definition) is 1. The molecule has 0 aliphatic carbocycles. The van der Waals surface area contributed by atoms with Crippen molar-refractivity contribution in [2.45, 2.75) is 51.8 Å². The van der Waals surface area contributed by atoms with Gasteiger partial charge in [0.1, 0.15) is 0 Å². The molecule has 1 saturated heterocycles. The van der Waals surface area contributed by atoms with Crippen LogP contribution >= 0.6 is 11.6 Å². The fraction of sp³-hybridized carbons (Fsp3) is 0.571. The van der Waals surface area contributed by atoms with E-state index >= 15 is 0 Å². The molecule has 2 unspecified atom stereocenters. The molecule has 1 heterocycles. The zero-order chi connectivity index (χ0) is 12.4. The molecule has 0 spiro atoms. The Morgan fingerprint density at radius 3 is 2.76 bits per heavy atom. The lowest BCUT2D eigenvalue weighted by molar-refractivity contribution is 0.282. The van der Waals surface area contributed by atoms with Crippen LogP contribution in [0.3, 0.4) is 0 Å². The van der Waals surface area contributed by atoms with Gasteiger partial charge in [-0.2, -0.15) is 0 Å². The van der Waals surface area contributed by atoms with Crippen LogP contribution in [0.2, 0.25) is 5.02 Å². The van der Waals surface area contributed by atoms with Crippen LogP contribution < -0.4 is 4.90 Å². The van der Waals surface area contributed by atoms with Crippen LogP contribution in [0.1, 0.15) is 38.7 Å². The first-order valence-electron chi connectivity index (χ1n) is 6.35. The number of hydrogen-bond acceptors (Lipinski definition) is 2. The van der Waals surface area contributed by atoms with Gasteiger partial charge in [-0.15, -0.1) is 0 Å².